The summed E-state index contributed by atoms with van der Waals surface area (Å²) in [6, 6.07) is 0. The van der Waals surface area contributed by atoms with Crippen molar-refractivity contribution in [3.8, 4) is 0 Å². The number of aliphatic carboxylic acids is 1. The van der Waals surface area contributed by atoms with E-state index in [2.05, 4.69) is 0 Å². The van der Waals surface area contributed by atoms with Crippen LogP contribution in [0.3, 0.4) is 0 Å². The molecule has 1 aliphatic heterocycles. The van der Waals surface area contributed by atoms with Gasteiger partial charge >= 0.3 is 5.97 Å². The molecule has 0 bridgehead atoms. The Morgan fingerprint density at radius 1 is 1.73 bits per heavy atom. The summed E-state index contributed by atoms with van der Waals surface area (Å²) < 4.78 is 0. The first-order valence-electron chi connectivity index (χ1n) is 3.56. The largest absolute Gasteiger partial charge is 0.481 e. The molecule has 0 aromatic carbocycles. The molecule has 0 saturated carbocycles. The standard InChI is InChI=1S/C7H10O3S/c8-5-3-4-11-6(5)1-2-7(9)10/h6H,1-4H2,(H,9,10)/t6-/m1/s1. The zero-order valence-corrected chi connectivity index (χ0v) is 6.89. The zero-order chi connectivity index (χ0) is 8.27. The number of carbonyl (C=O) groups is 2. The number of carboxylic acid groups (broad SMARTS) is 1. The summed E-state index contributed by atoms with van der Waals surface area (Å²) in [5, 5.41) is 8.30. The van der Waals surface area contributed by atoms with Crippen LogP contribution in [0.25, 0.3) is 0 Å². The minimum absolute atomic E-state index is 0.0360. The van der Waals surface area contributed by atoms with Crippen LogP contribution in [0.4, 0.5) is 0 Å². The number of Topliss-reactive ketones (excluding diaryl/α,β-unsaturated/α-hetero) is 1. The molecule has 3 nitrogen and oxygen atoms in total. The summed E-state index contributed by atoms with van der Waals surface area (Å²) in [5.74, 6) is 0.268. The van der Waals surface area contributed by atoms with E-state index in [9.17, 15) is 9.59 Å². The second kappa shape index (κ2) is 3.76. The van der Waals surface area contributed by atoms with Gasteiger partial charge in [-0.05, 0) is 6.42 Å². The molecule has 0 aromatic rings. The number of hydrogen-bond donors (Lipinski definition) is 1. The Hall–Kier alpha value is -0.510. The molecule has 1 heterocycles. The highest BCUT2D eigenvalue weighted by atomic mass is 32.2. The first-order valence-corrected chi connectivity index (χ1v) is 4.61. The average Bonchev–Trinajstić information content (AvgIpc) is 2.31. The maximum absolute atomic E-state index is 11.0. The SMILES string of the molecule is O=C(O)CC[C@H]1SCCC1=O. The van der Waals surface area contributed by atoms with Crippen molar-refractivity contribution in [2.75, 3.05) is 5.75 Å². The van der Waals surface area contributed by atoms with Gasteiger partial charge in [-0.2, -0.15) is 11.8 Å². The summed E-state index contributed by atoms with van der Waals surface area (Å²) in [7, 11) is 0. The van der Waals surface area contributed by atoms with Gasteiger partial charge in [-0.3, -0.25) is 9.59 Å². The smallest absolute Gasteiger partial charge is 0.303 e. The van der Waals surface area contributed by atoms with E-state index in [4.69, 9.17) is 5.11 Å². The second-order valence-corrected chi connectivity index (χ2v) is 3.82. The van der Waals surface area contributed by atoms with Crippen molar-refractivity contribution in [2.24, 2.45) is 0 Å². The summed E-state index contributed by atoms with van der Waals surface area (Å²) in [5.41, 5.74) is 0. The van der Waals surface area contributed by atoms with Crippen LogP contribution in [0.1, 0.15) is 19.3 Å². The summed E-state index contributed by atoms with van der Waals surface area (Å²) in [6.07, 6.45) is 1.23. The van der Waals surface area contributed by atoms with Crippen LogP contribution in [0, 0.1) is 0 Å². The number of rotatable bonds is 3. The van der Waals surface area contributed by atoms with Crippen LogP contribution in [0.15, 0.2) is 0 Å². The van der Waals surface area contributed by atoms with E-state index in [1.807, 2.05) is 0 Å². The molecular weight excluding hydrogens is 164 g/mol. The van der Waals surface area contributed by atoms with E-state index < -0.39 is 5.97 Å². The van der Waals surface area contributed by atoms with Crippen molar-refractivity contribution in [1.82, 2.24) is 0 Å². The molecule has 1 atom stereocenters. The highest BCUT2D eigenvalue weighted by Crippen LogP contribution is 2.26. The molecule has 1 saturated heterocycles. The van der Waals surface area contributed by atoms with Gasteiger partial charge in [-0.1, -0.05) is 0 Å². The molecule has 0 amide bonds. The molecule has 11 heavy (non-hydrogen) atoms. The molecule has 1 fully saturated rings. The zero-order valence-electron chi connectivity index (χ0n) is 6.08. The van der Waals surface area contributed by atoms with Gasteiger partial charge < -0.3 is 5.11 Å². The lowest BCUT2D eigenvalue weighted by Gasteiger charge is -2.02. The monoisotopic (exact) mass is 174 g/mol. The van der Waals surface area contributed by atoms with E-state index in [0.29, 0.717) is 12.8 Å². The van der Waals surface area contributed by atoms with Crippen LogP contribution >= 0.6 is 11.8 Å². The Bertz CT molecular complexity index is 179. The normalized spacial score (nSPS) is 24.0. The van der Waals surface area contributed by atoms with Crippen molar-refractivity contribution >= 4 is 23.5 Å². The third kappa shape index (κ3) is 2.54. The summed E-state index contributed by atoms with van der Waals surface area (Å²) in [4.78, 5) is 21.1. The predicted octanol–water partition coefficient (Wildman–Crippen LogP) is 0.926. The minimum Gasteiger partial charge on any atom is -0.481 e. The number of ketones is 1. The summed E-state index contributed by atoms with van der Waals surface area (Å²) >= 11 is 1.58. The number of hydrogen-bond acceptors (Lipinski definition) is 3. The maximum atomic E-state index is 11.0. The Morgan fingerprint density at radius 2 is 2.45 bits per heavy atom. The molecule has 1 aliphatic rings. The van der Waals surface area contributed by atoms with Crippen LogP contribution in [0.2, 0.25) is 0 Å². The molecule has 1 rings (SSSR count). The van der Waals surface area contributed by atoms with Crippen molar-refractivity contribution in [2.45, 2.75) is 24.5 Å². The quantitative estimate of drug-likeness (QED) is 0.691. The molecule has 0 radical (unpaired) electrons. The number of carboxylic acids is 1. The van der Waals surface area contributed by atoms with E-state index in [1.54, 1.807) is 11.8 Å². The van der Waals surface area contributed by atoms with Crippen LogP contribution in [-0.4, -0.2) is 27.9 Å². The lowest BCUT2D eigenvalue weighted by atomic mass is 10.1. The van der Waals surface area contributed by atoms with E-state index >= 15 is 0 Å². The molecule has 0 aliphatic carbocycles. The molecule has 0 aromatic heterocycles. The Morgan fingerprint density at radius 3 is 2.91 bits per heavy atom. The van der Waals surface area contributed by atoms with Crippen LogP contribution in [-0.2, 0) is 9.59 Å². The topological polar surface area (TPSA) is 54.4 Å². The number of thioether (sulfide) groups is 1. The van der Waals surface area contributed by atoms with E-state index in [1.165, 1.54) is 0 Å². The summed E-state index contributed by atoms with van der Waals surface area (Å²) in [6.45, 7) is 0. The van der Waals surface area contributed by atoms with Gasteiger partial charge in [0.2, 0.25) is 0 Å². The van der Waals surface area contributed by atoms with Crippen molar-refractivity contribution < 1.29 is 14.7 Å². The van der Waals surface area contributed by atoms with Gasteiger partial charge in [-0.25, -0.2) is 0 Å². The van der Waals surface area contributed by atoms with Gasteiger partial charge in [0.15, 0.2) is 0 Å². The van der Waals surface area contributed by atoms with Crippen LogP contribution < -0.4 is 0 Å². The van der Waals surface area contributed by atoms with Crippen molar-refractivity contribution in [3.05, 3.63) is 0 Å². The Labute approximate surface area is 69.2 Å². The fraction of sp³-hybridized carbons (Fsp3) is 0.714. The fourth-order valence-corrected chi connectivity index (χ4v) is 2.25. The average molecular weight is 174 g/mol. The van der Waals surface area contributed by atoms with Gasteiger partial charge in [0.25, 0.3) is 0 Å². The van der Waals surface area contributed by atoms with E-state index in [-0.39, 0.29) is 17.5 Å². The number of carbonyl (C=O) groups excluding carboxylic acids is 1. The van der Waals surface area contributed by atoms with Gasteiger partial charge in [0.1, 0.15) is 5.78 Å². The predicted molar refractivity (Wildman–Crippen MR) is 42.7 cm³/mol. The third-order valence-electron chi connectivity index (χ3n) is 1.65. The van der Waals surface area contributed by atoms with Gasteiger partial charge in [-0.15, -0.1) is 0 Å². The third-order valence-corrected chi connectivity index (χ3v) is 2.99. The molecule has 0 spiro atoms. The highest BCUT2D eigenvalue weighted by molar-refractivity contribution is 8.01. The second-order valence-electron chi connectivity index (χ2n) is 2.51. The first kappa shape index (κ1) is 8.59. The molecular formula is C7H10O3S. The highest BCUT2D eigenvalue weighted by Gasteiger charge is 2.24. The van der Waals surface area contributed by atoms with Gasteiger partial charge in [0.05, 0.1) is 5.25 Å². The maximum Gasteiger partial charge on any atom is 0.303 e. The lowest BCUT2D eigenvalue weighted by molar-refractivity contribution is -0.137. The molecule has 0 unspecified atom stereocenters. The van der Waals surface area contributed by atoms with Gasteiger partial charge in [0, 0.05) is 18.6 Å². The minimum atomic E-state index is -0.815. The van der Waals surface area contributed by atoms with Crippen molar-refractivity contribution in [1.29, 1.82) is 0 Å². The fourth-order valence-electron chi connectivity index (χ4n) is 1.05. The Balaban J connectivity index is 2.26. The lowest BCUT2D eigenvalue weighted by Crippen LogP contribution is -2.12. The molecule has 62 valence electrons. The van der Waals surface area contributed by atoms with Crippen LogP contribution in [0.5, 0.6) is 0 Å². The van der Waals surface area contributed by atoms with Crippen molar-refractivity contribution in [3.63, 3.8) is 0 Å². The molecule has 1 N–H and O–H groups in total. The first-order chi connectivity index (χ1) is 5.20. The van der Waals surface area contributed by atoms with E-state index in [0.717, 1.165) is 5.75 Å². The Kier molecular flexibility index (Phi) is 2.93. The molecule has 4 heteroatoms.